The standard InChI is InChI=1S/C13H16ClN3O/c1-8(2)11(15)7-12-16-13(17-18-12)9-5-3-4-6-10(9)14/h3-6,8,11H,7,15H2,1-2H3. The molecule has 5 heteroatoms. The zero-order valence-corrected chi connectivity index (χ0v) is 11.2. The van der Waals surface area contributed by atoms with Crippen LogP contribution in [0.2, 0.25) is 5.02 Å². The minimum absolute atomic E-state index is 0.0181. The fraction of sp³-hybridized carbons (Fsp3) is 0.385. The van der Waals surface area contributed by atoms with Crippen LogP contribution in [0.1, 0.15) is 19.7 Å². The van der Waals surface area contributed by atoms with Crippen LogP contribution in [0.3, 0.4) is 0 Å². The van der Waals surface area contributed by atoms with Crippen molar-refractivity contribution in [2.45, 2.75) is 26.3 Å². The van der Waals surface area contributed by atoms with E-state index in [1.165, 1.54) is 0 Å². The minimum Gasteiger partial charge on any atom is -0.339 e. The molecule has 0 saturated carbocycles. The van der Waals surface area contributed by atoms with Gasteiger partial charge in [0.05, 0.1) is 5.02 Å². The number of nitrogens with two attached hydrogens (primary N) is 1. The Hall–Kier alpha value is -1.39. The molecular weight excluding hydrogens is 250 g/mol. The van der Waals surface area contributed by atoms with E-state index in [4.69, 9.17) is 21.9 Å². The molecule has 96 valence electrons. The highest BCUT2D eigenvalue weighted by Crippen LogP contribution is 2.25. The zero-order chi connectivity index (χ0) is 13.1. The maximum Gasteiger partial charge on any atom is 0.228 e. The van der Waals surface area contributed by atoms with E-state index in [9.17, 15) is 0 Å². The normalized spacial score (nSPS) is 12.9. The van der Waals surface area contributed by atoms with Crippen molar-refractivity contribution < 1.29 is 4.52 Å². The van der Waals surface area contributed by atoms with Crippen molar-refractivity contribution in [2.24, 2.45) is 11.7 Å². The summed E-state index contributed by atoms with van der Waals surface area (Å²) in [4.78, 5) is 4.32. The summed E-state index contributed by atoms with van der Waals surface area (Å²) >= 11 is 6.08. The molecule has 0 bridgehead atoms. The number of hydrogen-bond acceptors (Lipinski definition) is 4. The Kier molecular flexibility index (Phi) is 3.99. The fourth-order valence-electron chi connectivity index (χ4n) is 1.53. The van der Waals surface area contributed by atoms with Crippen LogP contribution in [0.5, 0.6) is 0 Å². The summed E-state index contributed by atoms with van der Waals surface area (Å²) < 4.78 is 5.20. The Bertz CT molecular complexity index is 524. The van der Waals surface area contributed by atoms with Crippen molar-refractivity contribution in [3.05, 3.63) is 35.2 Å². The van der Waals surface area contributed by atoms with Gasteiger partial charge in [-0.2, -0.15) is 4.98 Å². The molecule has 0 spiro atoms. The number of aromatic nitrogens is 2. The summed E-state index contributed by atoms with van der Waals surface area (Å²) in [7, 11) is 0. The largest absolute Gasteiger partial charge is 0.339 e. The molecule has 18 heavy (non-hydrogen) atoms. The molecular formula is C13H16ClN3O. The van der Waals surface area contributed by atoms with Crippen molar-refractivity contribution in [1.29, 1.82) is 0 Å². The van der Waals surface area contributed by atoms with E-state index < -0.39 is 0 Å². The first-order valence-electron chi connectivity index (χ1n) is 5.91. The van der Waals surface area contributed by atoms with Gasteiger partial charge in [0.15, 0.2) is 0 Å². The van der Waals surface area contributed by atoms with E-state index in [0.717, 1.165) is 5.56 Å². The molecule has 0 aliphatic heterocycles. The lowest BCUT2D eigenvalue weighted by molar-refractivity contribution is 0.353. The van der Waals surface area contributed by atoms with Crippen LogP contribution >= 0.6 is 11.6 Å². The molecule has 1 aromatic heterocycles. The van der Waals surface area contributed by atoms with Crippen LogP contribution in [-0.2, 0) is 6.42 Å². The quantitative estimate of drug-likeness (QED) is 0.923. The Balaban J connectivity index is 2.18. The van der Waals surface area contributed by atoms with Gasteiger partial charge in [0, 0.05) is 18.0 Å². The molecule has 1 unspecified atom stereocenters. The number of nitrogens with zero attached hydrogens (tertiary/aromatic N) is 2. The van der Waals surface area contributed by atoms with Crippen LogP contribution in [0.15, 0.2) is 28.8 Å². The Morgan fingerprint density at radius 1 is 1.33 bits per heavy atom. The van der Waals surface area contributed by atoms with Crippen molar-refractivity contribution >= 4 is 11.6 Å². The van der Waals surface area contributed by atoms with Crippen LogP contribution < -0.4 is 5.73 Å². The Morgan fingerprint density at radius 3 is 2.72 bits per heavy atom. The highest BCUT2D eigenvalue weighted by molar-refractivity contribution is 6.33. The molecule has 2 N–H and O–H groups in total. The van der Waals surface area contributed by atoms with Crippen molar-refractivity contribution in [3.63, 3.8) is 0 Å². The molecule has 1 heterocycles. The number of benzene rings is 1. The first-order chi connectivity index (χ1) is 8.58. The summed E-state index contributed by atoms with van der Waals surface area (Å²) in [6, 6.07) is 7.43. The van der Waals surface area contributed by atoms with Gasteiger partial charge in [0.1, 0.15) is 0 Å². The molecule has 0 saturated heterocycles. The van der Waals surface area contributed by atoms with Gasteiger partial charge < -0.3 is 10.3 Å². The summed E-state index contributed by atoms with van der Waals surface area (Å²) in [5.74, 6) is 1.43. The lowest BCUT2D eigenvalue weighted by Gasteiger charge is -2.11. The van der Waals surface area contributed by atoms with Crippen LogP contribution in [0, 0.1) is 5.92 Å². The summed E-state index contributed by atoms with van der Waals surface area (Å²) in [5, 5.41) is 4.54. The van der Waals surface area contributed by atoms with Gasteiger partial charge >= 0.3 is 0 Å². The van der Waals surface area contributed by atoms with Crippen molar-refractivity contribution in [3.8, 4) is 11.4 Å². The highest BCUT2D eigenvalue weighted by atomic mass is 35.5. The molecule has 2 aromatic rings. The maximum atomic E-state index is 6.08. The summed E-state index contributed by atoms with van der Waals surface area (Å²) in [5.41, 5.74) is 6.74. The van der Waals surface area contributed by atoms with Gasteiger partial charge in [-0.05, 0) is 18.1 Å². The second-order valence-electron chi connectivity index (χ2n) is 4.60. The SMILES string of the molecule is CC(C)C(N)Cc1nc(-c2ccccc2Cl)no1. The zero-order valence-electron chi connectivity index (χ0n) is 10.4. The third-order valence-corrected chi connectivity index (χ3v) is 3.18. The minimum atomic E-state index is 0.0181. The number of halogens is 1. The van der Waals surface area contributed by atoms with E-state index in [0.29, 0.717) is 29.1 Å². The molecule has 4 nitrogen and oxygen atoms in total. The van der Waals surface area contributed by atoms with Gasteiger partial charge in [0.2, 0.25) is 11.7 Å². The number of hydrogen-bond donors (Lipinski definition) is 1. The fourth-order valence-corrected chi connectivity index (χ4v) is 1.75. The lowest BCUT2D eigenvalue weighted by Crippen LogP contribution is -2.28. The molecule has 2 rings (SSSR count). The highest BCUT2D eigenvalue weighted by Gasteiger charge is 2.15. The summed E-state index contributed by atoms with van der Waals surface area (Å²) in [6.45, 7) is 4.13. The van der Waals surface area contributed by atoms with Gasteiger partial charge in [-0.15, -0.1) is 0 Å². The van der Waals surface area contributed by atoms with Crippen LogP contribution in [0.4, 0.5) is 0 Å². The predicted octanol–water partition coefficient (Wildman–Crippen LogP) is 2.92. The Morgan fingerprint density at radius 2 is 2.06 bits per heavy atom. The topological polar surface area (TPSA) is 64.9 Å². The third-order valence-electron chi connectivity index (χ3n) is 2.85. The van der Waals surface area contributed by atoms with Crippen LogP contribution in [-0.4, -0.2) is 16.2 Å². The number of rotatable bonds is 4. The second kappa shape index (κ2) is 5.50. The first kappa shape index (κ1) is 13.1. The van der Waals surface area contributed by atoms with Gasteiger partial charge in [0.25, 0.3) is 0 Å². The average Bonchev–Trinajstić information content (AvgIpc) is 2.77. The van der Waals surface area contributed by atoms with E-state index >= 15 is 0 Å². The van der Waals surface area contributed by atoms with E-state index in [1.807, 2.05) is 18.2 Å². The van der Waals surface area contributed by atoms with Gasteiger partial charge in [-0.1, -0.05) is 42.7 Å². The Labute approximate surface area is 111 Å². The molecule has 0 aliphatic carbocycles. The third kappa shape index (κ3) is 2.89. The molecule has 1 atom stereocenters. The first-order valence-corrected chi connectivity index (χ1v) is 6.28. The molecule has 0 aliphatic rings. The van der Waals surface area contributed by atoms with Gasteiger partial charge in [-0.3, -0.25) is 0 Å². The summed E-state index contributed by atoms with van der Waals surface area (Å²) in [6.07, 6.45) is 0.578. The molecule has 0 radical (unpaired) electrons. The average molecular weight is 266 g/mol. The van der Waals surface area contributed by atoms with Gasteiger partial charge in [-0.25, -0.2) is 0 Å². The predicted molar refractivity (Wildman–Crippen MR) is 71.3 cm³/mol. The van der Waals surface area contributed by atoms with E-state index in [-0.39, 0.29) is 6.04 Å². The van der Waals surface area contributed by atoms with E-state index in [2.05, 4.69) is 24.0 Å². The molecule has 1 aromatic carbocycles. The monoisotopic (exact) mass is 265 g/mol. The van der Waals surface area contributed by atoms with E-state index in [1.54, 1.807) is 6.07 Å². The second-order valence-corrected chi connectivity index (χ2v) is 5.01. The lowest BCUT2D eigenvalue weighted by atomic mass is 10.0. The van der Waals surface area contributed by atoms with Crippen molar-refractivity contribution in [1.82, 2.24) is 10.1 Å². The van der Waals surface area contributed by atoms with Crippen LogP contribution in [0.25, 0.3) is 11.4 Å². The maximum absolute atomic E-state index is 6.08. The smallest absolute Gasteiger partial charge is 0.228 e. The molecule has 0 fully saturated rings. The molecule has 0 amide bonds. The van der Waals surface area contributed by atoms with Crippen molar-refractivity contribution in [2.75, 3.05) is 0 Å².